The largest absolute Gasteiger partial charge is 0.377 e. The van der Waals surface area contributed by atoms with Crippen molar-refractivity contribution in [2.24, 2.45) is 5.73 Å². The highest BCUT2D eigenvalue weighted by molar-refractivity contribution is 5.85. The Morgan fingerprint density at radius 1 is 1.60 bits per heavy atom. The van der Waals surface area contributed by atoms with E-state index < -0.39 is 0 Å². The summed E-state index contributed by atoms with van der Waals surface area (Å²) in [4.78, 5) is 0. The molecule has 0 fully saturated rings. The van der Waals surface area contributed by atoms with Gasteiger partial charge in [-0.1, -0.05) is 11.6 Å². The van der Waals surface area contributed by atoms with E-state index >= 15 is 0 Å². The molecule has 0 saturated carbocycles. The van der Waals surface area contributed by atoms with Crippen LogP contribution in [0.2, 0.25) is 0 Å². The number of hydrogen-bond donors (Lipinski definition) is 1. The summed E-state index contributed by atoms with van der Waals surface area (Å²) in [5.41, 5.74) is 6.84. The lowest BCUT2D eigenvalue weighted by atomic mass is 10.1. The third-order valence-corrected chi connectivity index (χ3v) is 1.52. The minimum absolute atomic E-state index is 0. The quantitative estimate of drug-likeness (QED) is 0.619. The Morgan fingerprint density at radius 2 is 2.40 bits per heavy atom. The fraction of sp³-hybridized carbons (Fsp3) is 0.714. The van der Waals surface area contributed by atoms with Gasteiger partial charge in [0.25, 0.3) is 0 Å². The van der Waals surface area contributed by atoms with Crippen molar-refractivity contribution in [2.75, 3.05) is 19.8 Å². The molecule has 0 atom stereocenters. The molecule has 0 aromatic rings. The van der Waals surface area contributed by atoms with Crippen LogP contribution in [-0.4, -0.2) is 19.8 Å². The van der Waals surface area contributed by atoms with Crippen LogP contribution < -0.4 is 5.73 Å². The Kier molecular flexibility index (Phi) is 5.69. The molecular weight excluding hydrogens is 150 g/mol. The van der Waals surface area contributed by atoms with Gasteiger partial charge in [-0.3, -0.25) is 0 Å². The van der Waals surface area contributed by atoms with E-state index in [9.17, 15) is 0 Å². The molecule has 0 spiro atoms. The van der Waals surface area contributed by atoms with Gasteiger partial charge in [0.2, 0.25) is 0 Å². The Bertz CT molecular complexity index is 114. The van der Waals surface area contributed by atoms with Crippen LogP contribution in [0.25, 0.3) is 0 Å². The smallest absolute Gasteiger partial charge is 0.0650 e. The lowest BCUT2D eigenvalue weighted by Gasteiger charge is -2.11. The number of hydrogen-bond acceptors (Lipinski definition) is 2. The van der Waals surface area contributed by atoms with Crippen LogP contribution in [0.1, 0.15) is 12.8 Å². The van der Waals surface area contributed by atoms with Crippen LogP contribution >= 0.6 is 12.4 Å². The van der Waals surface area contributed by atoms with Gasteiger partial charge >= 0.3 is 0 Å². The summed E-state index contributed by atoms with van der Waals surface area (Å²) < 4.78 is 5.13. The van der Waals surface area contributed by atoms with Crippen molar-refractivity contribution >= 4 is 12.4 Å². The first-order valence-electron chi connectivity index (χ1n) is 3.39. The van der Waals surface area contributed by atoms with E-state index in [0.29, 0.717) is 0 Å². The zero-order chi connectivity index (χ0) is 6.53. The zero-order valence-corrected chi connectivity index (χ0v) is 6.82. The van der Waals surface area contributed by atoms with E-state index in [1.54, 1.807) is 0 Å². The molecule has 1 rings (SSSR count). The van der Waals surface area contributed by atoms with E-state index in [0.717, 1.165) is 32.6 Å². The van der Waals surface area contributed by atoms with Crippen molar-refractivity contribution in [2.45, 2.75) is 12.8 Å². The van der Waals surface area contributed by atoms with E-state index in [4.69, 9.17) is 10.5 Å². The van der Waals surface area contributed by atoms with Gasteiger partial charge in [0.1, 0.15) is 0 Å². The molecular formula is C7H14ClNO. The maximum atomic E-state index is 5.38. The molecule has 0 saturated heterocycles. The van der Waals surface area contributed by atoms with Crippen molar-refractivity contribution in [1.82, 2.24) is 0 Å². The monoisotopic (exact) mass is 163 g/mol. The Labute approximate surface area is 67.8 Å². The van der Waals surface area contributed by atoms with Gasteiger partial charge < -0.3 is 10.5 Å². The van der Waals surface area contributed by atoms with Gasteiger partial charge in [-0.15, -0.1) is 12.4 Å². The molecule has 0 bridgehead atoms. The first-order chi connectivity index (χ1) is 4.43. The van der Waals surface area contributed by atoms with Crippen molar-refractivity contribution < 1.29 is 4.74 Å². The maximum Gasteiger partial charge on any atom is 0.0650 e. The molecule has 0 aromatic carbocycles. The summed E-state index contributed by atoms with van der Waals surface area (Å²) in [6.07, 6.45) is 4.26. The molecule has 0 aromatic heterocycles. The fourth-order valence-electron chi connectivity index (χ4n) is 0.978. The minimum Gasteiger partial charge on any atom is -0.377 e. The second-order valence-corrected chi connectivity index (χ2v) is 2.23. The third kappa shape index (κ3) is 3.20. The van der Waals surface area contributed by atoms with Crippen LogP contribution in [0, 0.1) is 0 Å². The van der Waals surface area contributed by atoms with Crippen molar-refractivity contribution in [3.63, 3.8) is 0 Å². The number of rotatable bonds is 2. The first kappa shape index (κ1) is 9.95. The second kappa shape index (κ2) is 5.71. The molecule has 0 amide bonds. The van der Waals surface area contributed by atoms with Gasteiger partial charge in [-0.2, -0.15) is 0 Å². The normalized spacial score (nSPS) is 17.5. The van der Waals surface area contributed by atoms with E-state index in [1.807, 2.05) is 0 Å². The highest BCUT2D eigenvalue weighted by atomic mass is 35.5. The average molecular weight is 164 g/mol. The Balaban J connectivity index is 0.000000810. The fourth-order valence-corrected chi connectivity index (χ4v) is 0.978. The van der Waals surface area contributed by atoms with Gasteiger partial charge in [-0.05, 0) is 19.4 Å². The van der Waals surface area contributed by atoms with Gasteiger partial charge in [0.05, 0.1) is 13.2 Å². The lowest BCUT2D eigenvalue weighted by Crippen LogP contribution is -2.08. The molecule has 0 aliphatic carbocycles. The van der Waals surface area contributed by atoms with Crippen LogP contribution in [0.3, 0.4) is 0 Å². The van der Waals surface area contributed by atoms with Gasteiger partial charge in [0, 0.05) is 0 Å². The second-order valence-electron chi connectivity index (χ2n) is 2.23. The van der Waals surface area contributed by atoms with Crippen LogP contribution in [-0.2, 0) is 4.74 Å². The maximum absolute atomic E-state index is 5.38. The molecule has 1 aliphatic heterocycles. The zero-order valence-electron chi connectivity index (χ0n) is 6.01. The summed E-state index contributed by atoms with van der Waals surface area (Å²) in [6.45, 7) is 2.44. The van der Waals surface area contributed by atoms with E-state index in [-0.39, 0.29) is 12.4 Å². The van der Waals surface area contributed by atoms with Crippen molar-refractivity contribution in [3.8, 4) is 0 Å². The van der Waals surface area contributed by atoms with E-state index in [2.05, 4.69) is 6.08 Å². The van der Waals surface area contributed by atoms with Gasteiger partial charge in [0.15, 0.2) is 0 Å². The number of halogens is 1. The van der Waals surface area contributed by atoms with E-state index in [1.165, 1.54) is 5.57 Å². The highest BCUT2D eigenvalue weighted by Gasteiger charge is 2.00. The number of ether oxygens (including phenoxy) is 1. The van der Waals surface area contributed by atoms with Crippen LogP contribution in [0.4, 0.5) is 0 Å². The molecule has 60 valence electrons. The van der Waals surface area contributed by atoms with Crippen molar-refractivity contribution in [3.05, 3.63) is 11.6 Å². The number of nitrogens with two attached hydrogens (primary N) is 1. The molecule has 3 heteroatoms. The predicted molar refractivity (Wildman–Crippen MR) is 44.4 cm³/mol. The molecule has 2 N–H and O–H groups in total. The van der Waals surface area contributed by atoms with Crippen LogP contribution in [0.5, 0.6) is 0 Å². The standard InChI is InChI=1S/C7H13NO.ClH/c8-4-1-7-2-5-9-6-3-7;/h2H,1,3-6,8H2;1H. The highest BCUT2D eigenvalue weighted by Crippen LogP contribution is 2.09. The van der Waals surface area contributed by atoms with Crippen molar-refractivity contribution in [1.29, 1.82) is 0 Å². The Hall–Kier alpha value is -0.0500. The average Bonchev–Trinajstić information content (AvgIpc) is 1.91. The molecule has 0 unspecified atom stereocenters. The Morgan fingerprint density at radius 3 is 2.90 bits per heavy atom. The molecule has 1 heterocycles. The summed E-state index contributed by atoms with van der Waals surface area (Å²) in [7, 11) is 0. The molecule has 0 radical (unpaired) electrons. The van der Waals surface area contributed by atoms with Gasteiger partial charge in [-0.25, -0.2) is 0 Å². The summed E-state index contributed by atoms with van der Waals surface area (Å²) in [5.74, 6) is 0. The summed E-state index contributed by atoms with van der Waals surface area (Å²) in [6, 6.07) is 0. The molecule has 1 aliphatic rings. The molecule has 10 heavy (non-hydrogen) atoms. The van der Waals surface area contributed by atoms with Crippen LogP contribution in [0.15, 0.2) is 11.6 Å². The first-order valence-corrected chi connectivity index (χ1v) is 3.39. The lowest BCUT2D eigenvalue weighted by molar-refractivity contribution is 0.153. The third-order valence-electron chi connectivity index (χ3n) is 1.52. The summed E-state index contributed by atoms with van der Waals surface area (Å²) >= 11 is 0. The molecule has 2 nitrogen and oxygen atoms in total. The summed E-state index contributed by atoms with van der Waals surface area (Å²) in [5, 5.41) is 0. The predicted octanol–water partition coefficient (Wildman–Crippen LogP) is 1.10. The topological polar surface area (TPSA) is 35.2 Å². The minimum atomic E-state index is 0. The SMILES string of the molecule is Cl.NCCC1=CCOCC1.